The molecule has 3 heterocycles. The van der Waals surface area contributed by atoms with E-state index < -0.39 is 0 Å². The first-order valence-corrected chi connectivity index (χ1v) is 11.5. The molecule has 10 heteroatoms. The number of hydrogen-bond donors (Lipinski definition) is 1. The predicted octanol–water partition coefficient (Wildman–Crippen LogP) is 3.04. The molecule has 2 aliphatic heterocycles. The molecule has 0 saturated carbocycles. The minimum absolute atomic E-state index is 0.0343. The second-order valence-corrected chi connectivity index (χ2v) is 8.27. The zero-order chi connectivity index (χ0) is 25.1. The lowest BCUT2D eigenvalue weighted by Crippen LogP contribution is -2.49. The second kappa shape index (κ2) is 10.0. The van der Waals surface area contributed by atoms with Gasteiger partial charge in [-0.1, -0.05) is 0 Å². The van der Waals surface area contributed by atoms with Crippen LogP contribution in [-0.2, 0) is 0 Å². The molecule has 1 saturated heterocycles. The molecule has 0 radical (unpaired) electrons. The SMILES string of the molecule is COc1ccc(C(=O)Nc2ccc(N3CCN(C(=O)c4ccc5c(c4)OCO5)CC3)nc2)c(OC)c1. The van der Waals surface area contributed by atoms with Crippen molar-refractivity contribution in [2.24, 2.45) is 0 Å². The number of aromatic nitrogens is 1. The number of hydrogen-bond acceptors (Lipinski definition) is 8. The summed E-state index contributed by atoms with van der Waals surface area (Å²) in [5.74, 6) is 2.72. The zero-order valence-electron chi connectivity index (χ0n) is 20.0. The van der Waals surface area contributed by atoms with Crippen molar-refractivity contribution < 1.29 is 28.5 Å². The predicted molar refractivity (Wildman–Crippen MR) is 132 cm³/mol. The number of nitrogens with zero attached hydrogens (tertiary/aromatic N) is 3. The molecule has 0 spiro atoms. The highest BCUT2D eigenvalue weighted by Gasteiger charge is 2.25. The highest BCUT2D eigenvalue weighted by molar-refractivity contribution is 6.06. The smallest absolute Gasteiger partial charge is 0.259 e. The van der Waals surface area contributed by atoms with Gasteiger partial charge in [0.05, 0.1) is 31.7 Å². The van der Waals surface area contributed by atoms with Crippen LogP contribution in [0.5, 0.6) is 23.0 Å². The van der Waals surface area contributed by atoms with Gasteiger partial charge < -0.3 is 34.1 Å². The maximum atomic E-state index is 12.9. The Hall–Kier alpha value is -4.47. The molecule has 0 aliphatic carbocycles. The maximum absolute atomic E-state index is 12.9. The van der Waals surface area contributed by atoms with Crippen molar-refractivity contribution in [2.45, 2.75) is 0 Å². The van der Waals surface area contributed by atoms with Crippen LogP contribution in [0, 0.1) is 0 Å². The average molecular weight is 491 g/mol. The molecule has 36 heavy (non-hydrogen) atoms. The lowest BCUT2D eigenvalue weighted by molar-refractivity contribution is 0.0746. The normalized spacial score (nSPS) is 14.4. The Morgan fingerprint density at radius 2 is 1.72 bits per heavy atom. The maximum Gasteiger partial charge on any atom is 0.259 e. The molecule has 0 unspecified atom stereocenters. The van der Waals surface area contributed by atoms with Gasteiger partial charge in [-0.15, -0.1) is 0 Å². The molecular formula is C26H26N4O6. The number of carbonyl (C=O) groups is 2. The number of fused-ring (bicyclic) bond motifs is 1. The van der Waals surface area contributed by atoms with E-state index in [0.717, 1.165) is 5.82 Å². The molecule has 2 amide bonds. The van der Waals surface area contributed by atoms with E-state index >= 15 is 0 Å². The first-order valence-electron chi connectivity index (χ1n) is 11.5. The Morgan fingerprint density at radius 1 is 0.917 bits per heavy atom. The third-order valence-corrected chi connectivity index (χ3v) is 6.17. The summed E-state index contributed by atoms with van der Waals surface area (Å²) in [7, 11) is 3.06. The molecule has 186 valence electrons. The Balaban J connectivity index is 1.18. The van der Waals surface area contributed by atoms with Crippen LogP contribution >= 0.6 is 0 Å². The summed E-state index contributed by atoms with van der Waals surface area (Å²) in [5, 5.41) is 2.85. The zero-order valence-corrected chi connectivity index (χ0v) is 20.0. The van der Waals surface area contributed by atoms with Crippen molar-refractivity contribution in [3.8, 4) is 23.0 Å². The van der Waals surface area contributed by atoms with Crippen LogP contribution in [-0.4, -0.2) is 68.9 Å². The summed E-state index contributed by atoms with van der Waals surface area (Å²) >= 11 is 0. The van der Waals surface area contributed by atoms with Crippen LogP contribution in [0.1, 0.15) is 20.7 Å². The number of amides is 2. The Kier molecular flexibility index (Phi) is 6.48. The minimum Gasteiger partial charge on any atom is -0.497 e. The topological polar surface area (TPSA) is 102 Å². The Morgan fingerprint density at radius 3 is 2.44 bits per heavy atom. The van der Waals surface area contributed by atoms with Gasteiger partial charge in [0.2, 0.25) is 6.79 Å². The molecule has 0 bridgehead atoms. The summed E-state index contributed by atoms with van der Waals surface area (Å²) in [5.41, 5.74) is 1.54. The van der Waals surface area contributed by atoms with Crippen molar-refractivity contribution in [3.05, 3.63) is 65.9 Å². The van der Waals surface area contributed by atoms with Crippen LogP contribution < -0.4 is 29.2 Å². The third-order valence-electron chi connectivity index (χ3n) is 6.17. The van der Waals surface area contributed by atoms with Crippen LogP contribution in [0.25, 0.3) is 0 Å². The number of ether oxygens (including phenoxy) is 4. The number of rotatable bonds is 6. The first-order chi connectivity index (χ1) is 17.6. The molecule has 10 nitrogen and oxygen atoms in total. The van der Waals surface area contributed by atoms with E-state index in [9.17, 15) is 9.59 Å². The van der Waals surface area contributed by atoms with Crippen molar-refractivity contribution in [1.29, 1.82) is 0 Å². The van der Waals surface area contributed by atoms with Gasteiger partial charge in [0.25, 0.3) is 11.8 Å². The Bertz CT molecular complexity index is 1270. The largest absolute Gasteiger partial charge is 0.497 e. The molecule has 2 aromatic carbocycles. The van der Waals surface area contributed by atoms with E-state index in [1.54, 1.807) is 55.8 Å². The number of benzene rings is 2. The summed E-state index contributed by atoms with van der Waals surface area (Å²) in [4.78, 5) is 34.1. The summed E-state index contributed by atoms with van der Waals surface area (Å²) in [6.45, 7) is 2.63. The number of methoxy groups -OCH3 is 2. The average Bonchev–Trinajstić information content (AvgIpc) is 3.41. The molecule has 1 N–H and O–H groups in total. The van der Waals surface area contributed by atoms with Crippen LogP contribution in [0.3, 0.4) is 0 Å². The molecule has 2 aliphatic rings. The van der Waals surface area contributed by atoms with E-state index in [1.165, 1.54) is 7.11 Å². The highest BCUT2D eigenvalue weighted by atomic mass is 16.7. The monoisotopic (exact) mass is 490 g/mol. The van der Waals surface area contributed by atoms with E-state index in [2.05, 4.69) is 15.2 Å². The molecule has 1 aromatic heterocycles. The van der Waals surface area contributed by atoms with Crippen molar-refractivity contribution in [2.75, 3.05) is 57.4 Å². The molecular weight excluding hydrogens is 464 g/mol. The van der Waals surface area contributed by atoms with Gasteiger partial charge in [0.1, 0.15) is 17.3 Å². The van der Waals surface area contributed by atoms with Gasteiger partial charge >= 0.3 is 0 Å². The van der Waals surface area contributed by atoms with Gasteiger partial charge in [-0.3, -0.25) is 9.59 Å². The standard InChI is InChI=1S/C26H26N4O6/c1-33-19-5-6-20(22(14-19)34-2)25(31)28-18-4-8-24(27-15-18)29-9-11-30(12-10-29)26(32)17-3-7-21-23(13-17)36-16-35-21/h3-8,13-15H,9-12,16H2,1-2H3,(H,28,31). The van der Waals surface area contributed by atoms with Crippen molar-refractivity contribution in [3.63, 3.8) is 0 Å². The van der Waals surface area contributed by atoms with Crippen LogP contribution in [0.2, 0.25) is 0 Å². The summed E-state index contributed by atoms with van der Waals surface area (Å²) in [6.07, 6.45) is 1.62. The van der Waals surface area contributed by atoms with E-state index in [0.29, 0.717) is 66.0 Å². The number of nitrogens with one attached hydrogen (secondary N) is 1. The molecule has 5 rings (SSSR count). The molecule has 1 fully saturated rings. The van der Waals surface area contributed by atoms with Gasteiger partial charge in [-0.2, -0.15) is 0 Å². The number of carbonyl (C=O) groups excluding carboxylic acids is 2. The van der Waals surface area contributed by atoms with Gasteiger partial charge in [-0.25, -0.2) is 4.98 Å². The number of pyridine rings is 1. The van der Waals surface area contributed by atoms with Crippen molar-refractivity contribution >= 4 is 23.3 Å². The fourth-order valence-corrected chi connectivity index (χ4v) is 4.18. The lowest BCUT2D eigenvalue weighted by Gasteiger charge is -2.35. The fraction of sp³-hybridized carbons (Fsp3) is 0.269. The van der Waals surface area contributed by atoms with Crippen LogP contribution in [0.15, 0.2) is 54.7 Å². The minimum atomic E-state index is -0.306. The van der Waals surface area contributed by atoms with Gasteiger partial charge in [-0.05, 0) is 42.5 Å². The van der Waals surface area contributed by atoms with Gasteiger partial charge in [0, 0.05) is 37.8 Å². The van der Waals surface area contributed by atoms with Gasteiger partial charge in [0.15, 0.2) is 11.5 Å². The quantitative estimate of drug-likeness (QED) is 0.563. The Labute approximate surface area is 208 Å². The second-order valence-electron chi connectivity index (χ2n) is 8.27. The lowest BCUT2D eigenvalue weighted by atomic mass is 10.1. The van der Waals surface area contributed by atoms with E-state index in [1.807, 2.05) is 11.0 Å². The fourth-order valence-electron chi connectivity index (χ4n) is 4.18. The number of piperazine rings is 1. The van der Waals surface area contributed by atoms with Crippen LogP contribution in [0.4, 0.5) is 11.5 Å². The first kappa shape index (κ1) is 23.3. The highest BCUT2D eigenvalue weighted by Crippen LogP contribution is 2.33. The van der Waals surface area contributed by atoms with E-state index in [4.69, 9.17) is 18.9 Å². The molecule has 0 atom stereocenters. The summed E-state index contributed by atoms with van der Waals surface area (Å²) < 4.78 is 21.2. The number of anilines is 2. The van der Waals surface area contributed by atoms with Crippen molar-refractivity contribution in [1.82, 2.24) is 9.88 Å². The third kappa shape index (κ3) is 4.70. The van der Waals surface area contributed by atoms with E-state index in [-0.39, 0.29) is 18.6 Å². The molecule has 3 aromatic rings. The summed E-state index contributed by atoms with van der Waals surface area (Å²) in [6, 6.07) is 13.9.